The first-order valence-corrected chi connectivity index (χ1v) is 9.73. The molecule has 0 fully saturated rings. The molecular weight excluding hydrogens is 360 g/mol. The molecule has 0 amide bonds. The van der Waals surface area contributed by atoms with Crippen LogP contribution in [-0.2, 0) is 15.7 Å². The van der Waals surface area contributed by atoms with Crippen LogP contribution in [0.3, 0.4) is 0 Å². The number of nitrogens with zero attached hydrogens (tertiary/aromatic N) is 1. The normalized spacial score (nSPS) is 17.0. The van der Waals surface area contributed by atoms with Crippen molar-refractivity contribution in [1.29, 1.82) is 0 Å². The summed E-state index contributed by atoms with van der Waals surface area (Å²) in [4.78, 5) is 38.6. The Kier molecular flexibility index (Phi) is 4.99. The van der Waals surface area contributed by atoms with Gasteiger partial charge in [0.15, 0.2) is 26.5 Å². The summed E-state index contributed by atoms with van der Waals surface area (Å²) in [6, 6.07) is 9.12. The summed E-state index contributed by atoms with van der Waals surface area (Å²) in [5.41, 5.74) is 1.17. The fourth-order valence-electron chi connectivity index (χ4n) is 2.04. The summed E-state index contributed by atoms with van der Waals surface area (Å²) in [6.45, 7) is -1.07. The van der Waals surface area contributed by atoms with E-state index in [4.69, 9.17) is 14.7 Å². The molecule has 9 nitrogen and oxygen atoms in total. The molecule has 1 aromatic heterocycles. The molecule has 24 heavy (non-hydrogen) atoms. The topological polar surface area (TPSA) is 162 Å². The lowest BCUT2D eigenvalue weighted by molar-refractivity contribution is -0.703. The largest absolute Gasteiger partial charge is 0.776 e. The Hall–Kier alpha value is -1.57. The minimum absolute atomic E-state index is 0.0472. The van der Waals surface area contributed by atoms with E-state index in [-0.39, 0.29) is 5.75 Å². The number of pyridine rings is 1. The molecule has 0 spiro atoms. The number of hydrogen-bond donors (Lipinski definition) is 5. The van der Waals surface area contributed by atoms with Crippen LogP contribution in [0.15, 0.2) is 48.8 Å². The van der Waals surface area contributed by atoms with Crippen molar-refractivity contribution in [3.8, 4) is 16.9 Å². The number of aliphatic hydroxyl groups is 1. The number of phenols is 1. The van der Waals surface area contributed by atoms with Gasteiger partial charge in [-0.15, -0.1) is 0 Å². The summed E-state index contributed by atoms with van der Waals surface area (Å²) in [5.74, 6) is 0.0472. The molecular formula is C13H15NO8P2. The fraction of sp³-hybridized carbons (Fsp3) is 0.154. The van der Waals surface area contributed by atoms with Crippen LogP contribution in [0, 0.1) is 0 Å². The monoisotopic (exact) mass is 375 g/mol. The van der Waals surface area contributed by atoms with E-state index in [1.807, 2.05) is 0 Å². The zero-order valence-corrected chi connectivity index (χ0v) is 13.9. The van der Waals surface area contributed by atoms with E-state index >= 15 is 0 Å². The Labute approximate surface area is 136 Å². The lowest BCUT2D eigenvalue weighted by Gasteiger charge is -2.33. The summed E-state index contributed by atoms with van der Waals surface area (Å²) >= 11 is 0. The molecule has 0 radical (unpaired) electrons. The van der Waals surface area contributed by atoms with Gasteiger partial charge in [-0.2, -0.15) is 0 Å². The maximum atomic E-state index is 11.4. The van der Waals surface area contributed by atoms with E-state index in [9.17, 15) is 24.2 Å². The lowest BCUT2D eigenvalue weighted by atomic mass is 10.1. The third-order valence-electron chi connectivity index (χ3n) is 3.37. The van der Waals surface area contributed by atoms with Crippen LogP contribution in [0.2, 0.25) is 0 Å². The summed E-state index contributed by atoms with van der Waals surface area (Å²) in [5, 5.41) is 15.5. The van der Waals surface area contributed by atoms with Crippen LogP contribution in [-0.4, -0.2) is 30.0 Å². The Morgan fingerprint density at radius 2 is 1.62 bits per heavy atom. The Morgan fingerprint density at radius 3 is 2.12 bits per heavy atom. The smallest absolute Gasteiger partial charge is 0.372 e. The van der Waals surface area contributed by atoms with E-state index in [1.165, 1.54) is 30.6 Å². The number of phenolic OH excluding ortho intramolecular Hbond substituents is 1. The zero-order chi connectivity index (χ0) is 18.2. The highest BCUT2D eigenvalue weighted by Crippen LogP contribution is 2.65. The minimum Gasteiger partial charge on any atom is -0.776 e. The van der Waals surface area contributed by atoms with Crippen LogP contribution < -0.4 is 9.46 Å². The van der Waals surface area contributed by atoms with Crippen LogP contribution in [0.25, 0.3) is 11.1 Å². The number of aromatic hydroxyl groups is 1. The van der Waals surface area contributed by atoms with E-state index in [1.54, 1.807) is 18.2 Å². The third kappa shape index (κ3) is 3.74. The molecule has 0 bridgehead atoms. The van der Waals surface area contributed by atoms with Gasteiger partial charge in [0, 0.05) is 11.6 Å². The van der Waals surface area contributed by atoms with Gasteiger partial charge in [0.1, 0.15) is 5.75 Å². The van der Waals surface area contributed by atoms with Crippen LogP contribution >= 0.6 is 15.2 Å². The standard InChI is InChI=1S/C13H15NO8P2/c15-12-5-3-10(4-6-12)11-2-1-7-14(8-11)9-13(16,23(17,18)19)24(20,21)22/h1-8,16H,9H2,(H4-,15,17,18,19,20,21,22). The Balaban J connectivity index is 2.43. The van der Waals surface area contributed by atoms with Crippen molar-refractivity contribution in [3.05, 3.63) is 48.8 Å². The SMILES string of the molecule is O=P([O-])(O)C(O)(C[n+]1cccc(-c2ccc(O)cc2)c1)P(=O)(O)O. The first-order valence-electron chi connectivity index (χ1n) is 6.54. The number of rotatable bonds is 5. The van der Waals surface area contributed by atoms with E-state index in [0.29, 0.717) is 11.1 Å². The quantitative estimate of drug-likeness (QED) is 0.352. The number of hydrogen-bond acceptors (Lipinski definition) is 5. The van der Waals surface area contributed by atoms with Gasteiger partial charge in [0.25, 0.3) is 5.08 Å². The first-order chi connectivity index (χ1) is 10.9. The second-order valence-electron chi connectivity index (χ2n) is 5.15. The van der Waals surface area contributed by atoms with E-state index < -0.39 is 26.8 Å². The maximum Gasteiger partial charge on any atom is 0.372 e. The molecule has 2 atom stereocenters. The summed E-state index contributed by atoms with van der Waals surface area (Å²) < 4.78 is 23.7. The van der Waals surface area contributed by atoms with Crippen molar-refractivity contribution >= 4 is 15.2 Å². The average Bonchev–Trinajstić information content (AvgIpc) is 2.46. The Bertz CT molecular complexity index is 804. The third-order valence-corrected chi connectivity index (χ3v) is 7.03. The second kappa shape index (κ2) is 6.38. The first kappa shape index (κ1) is 18.8. The highest BCUT2D eigenvalue weighted by atomic mass is 31.2. The number of aromatic nitrogens is 1. The molecule has 0 saturated heterocycles. The van der Waals surface area contributed by atoms with Gasteiger partial charge in [0.05, 0.1) is 0 Å². The van der Waals surface area contributed by atoms with Crippen molar-refractivity contribution in [2.75, 3.05) is 0 Å². The van der Waals surface area contributed by atoms with Crippen LogP contribution in [0.1, 0.15) is 0 Å². The maximum absolute atomic E-state index is 11.4. The second-order valence-corrected chi connectivity index (χ2v) is 9.11. The lowest BCUT2D eigenvalue weighted by Crippen LogP contribution is -2.49. The van der Waals surface area contributed by atoms with Crippen molar-refractivity contribution < 1.29 is 43.5 Å². The summed E-state index contributed by atoms with van der Waals surface area (Å²) in [6.07, 6.45) is 2.61. The van der Waals surface area contributed by atoms with Crippen molar-refractivity contribution in [1.82, 2.24) is 0 Å². The van der Waals surface area contributed by atoms with Gasteiger partial charge in [-0.25, -0.2) is 4.57 Å². The zero-order valence-electron chi connectivity index (χ0n) is 12.1. The molecule has 1 aromatic carbocycles. The Morgan fingerprint density at radius 1 is 1.04 bits per heavy atom. The molecule has 11 heteroatoms. The van der Waals surface area contributed by atoms with Crippen LogP contribution in [0.4, 0.5) is 0 Å². The molecule has 130 valence electrons. The van der Waals surface area contributed by atoms with Gasteiger partial charge >= 0.3 is 7.60 Å². The van der Waals surface area contributed by atoms with Gasteiger partial charge in [-0.1, -0.05) is 12.1 Å². The fourth-order valence-corrected chi connectivity index (χ4v) is 4.04. The van der Waals surface area contributed by atoms with E-state index in [2.05, 4.69) is 0 Å². The molecule has 2 unspecified atom stereocenters. The van der Waals surface area contributed by atoms with Gasteiger partial charge in [0.2, 0.25) is 0 Å². The van der Waals surface area contributed by atoms with Crippen molar-refractivity contribution in [3.63, 3.8) is 0 Å². The molecule has 0 aliphatic rings. The molecule has 5 N–H and O–H groups in total. The molecule has 1 heterocycles. The highest BCUT2D eigenvalue weighted by molar-refractivity contribution is 7.71. The summed E-state index contributed by atoms with van der Waals surface area (Å²) in [7, 11) is -11.4. The molecule has 2 rings (SSSR count). The predicted octanol–water partition coefficient (Wildman–Crippen LogP) is -0.284. The van der Waals surface area contributed by atoms with Gasteiger partial charge in [-0.3, -0.25) is 4.57 Å². The molecule has 0 saturated carbocycles. The molecule has 0 aliphatic heterocycles. The minimum atomic E-state index is -5.78. The average molecular weight is 375 g/mol. The number of benzene rings is 1. The molecule has 0 aliphatic carbocycles. The van der Waals surface area contributed by atoms with Gasteiger partial charge < -0.3 is 34.4 Å². The van der Waals surface area contributed by atoms with Crippen molar-refractivity contribution in [2.45, 2.75) is 11.6 Å². The molecule has 2 aromatic rings. The predicted molar refractivity (Wildman–Crippen MR) is 80.6 cm³/mol. The van der Waals surface area contributed by atoms with Gasteiger partial charge in [-0.05, 0) is 23.8 Å². The van der Waals surface area contributed by atoms with Crippen molar-refractivity contribution in [2.24, 2.45) is 0 Å². The van der Waals surface area contributed by atoms with Crippen LogP contribution in [0.5, 0.6) is 5.75 Å². The van der Waals surface area contributed by atoms with E-state index in [0.717, 1.165) is 4.57 Å². The highest BCUT2D eigenvalue weighted by Gasteiger charge is 2.57.